The molecule has 0 saturated carbocycles. The Balaban J connectivity index is 4.01. The standard InChI is InChI=1S/C9H17NO2/c1-3-5-9(4-2)10(8-12)6-7-11/h7-9H,3-6H2,1-2H3. The van der Waals surface area contributed by atoms with Gasteiger partial charge in [-0.2, -0.15) is 0 Å². The van der Waals surface area contributed by atoms with Crippen LogP contribution in [0.1, 0.15) is 33.1 Å². The number of aldehydes is 1. The Morgan fingerprint density at radius 1 is 1.33 bits per heavy atom. The number of hydrogen-bond donors (Lipinski definition) is 0. The molecule has 0 radical (unpaired) electrons. The molecule has 0 spiro atoms. The average Bonchev–Trinajstić information content (AvgIpc) is 2.11. The van der Waals surface area contributed by atoms with Crippen molar-refractivity contribution in [2.45, 2.75) is 39.2 Å². The summed E-state index contributed by atoms with van der Waals surface area (Å²) in [6.07, 6.45) is 4.47. The third-order valence-corrected chi connectivity index (χ3v) is 1.98. The molecule has 0 aliphatic carbocycles. The van der Waals surface area contributed by atoms with E-state index in [4.69, 9.17) is 0 Å². The van der Waals surface area contributed by atoms with Crippen LogP contribution in [0.4, 0.5) is 0 Å². The van der Waals surface area contributed by atoms with Gasteiger partial charge in [0.25, 0.3) is 0 Å². The zero-order valence-electron chi connectivity index (χ0n) is 7.82. The van der Waals surface area contributed by atoms with Gasteiger partial charge in [0.15, 0.2) is 0 Å². The summed E-state index contributed by atoms with van der Waals surface area (Å²) in [6.45, 7) is 4.33. The van der Waals surface area contributed by atoms with Gasteiger partial charge in [0.05, 0.1) is 6.54 Å². The SMILES string of the molecule is CCCC(CC)N(C=O)CC=O. The van der Waals surface area contributed by atoms with Crippen LogP contribution in [0.25, 0.3) is 0 Å². The van der Waals surface area contributed by atoms with Crippen molar-refractivity contribution in [3.63, 3.8) is 0 Å². The normalized spacial score (nSPS) is 12.2. The second-order valence-electron chi connectivity index (χ2n) is 2.82. The van der Waals surface area contributed by atoms with Gasteiger partial charge in [-0.15, -0.1) is 0 Å². The molecule has 0 aromatic carbocycles. The molecule has 1 atom stereocenters. The molecule has 70 valence electrons. The first-order valence-corrected chi connectivity index (χ1v) is 4.44. The molecule has 1 amide bonds. The molecule has 0 fully saturated rings. The smallest absolute Gasteiger partial charge is 0.210 e. The van der Waals surface area contributed by atoms with Crippen molar-refractivity contribution in [1.82, 2.24) is 4.90 Å². The summed E-state index contributed by atoms with van der Waals surface area (Å²) in [5.74, 6) is 0. The zero-order chi connectivity index (χ0) is 9.40. The van der Waals surface area contributed by atoms with Crippen LogP contribution in [0.5, 0.6) is 0 Å². The van der Waals surface area contributed by atoms with Crippen molar-refractivity contribution in [3.8, 4) is 0 Å². The Bertz CT molecular complexity index is 136. The van der Waals surface area contributed by atoms with E-state index in [1.807, 2.05) is 6.92 Å². The van der Waals surface area contributed by atoms with Crippen molar-refractivity contribution in [2.24, 2.45) is 0 Å². The minimum atomic E-state index is 0.224. The quantitative estimate of drug-likeness (QED) is 0.540. The van der Waals surface area contributed by atoms with Crippen molar-refractivity contribution < 1.29 is 9.59 Å². The summed E-state index contributed by atoms with van der Waals surface area (Å²) < 4.78 is 0. The van der Waals surface area contributed by atoms with Crippen molar-refractivity contribution in [3.05, 3.63) is 0 Å². The first-order valence-electron chi connectivity index (χ1n) is 4.44. The summed E-state index contributed by atoms with van der Waals surface area (Å²) in [4.78, 5) is 22.3. The first kappa shape index (κ1) is 11.1. The van der Waals surface area contributed by atoms with Gasteiger partial charge in [-0.3, -0.25) is 4.79 Å². The fraction of sp³-hybridized carbons (Fsp3) is 0.778. The van der Waals surface area contributed by atoms with E-state index in [2.05, 4.69) is 6.92 Å². The largest absolute Gasteiger partial charge is 0.335 e. The van der Waals surface area contributed by atoms with Gasteiger partial charge in [0, 0.05) is 6.04 Å². The summed E-state index contributed by atoms with van der Waals surface area (Å²) in [7, 11) is 0. The van der Waals surface area contributed by atoms with Gasteiger partial charge in [-0.25, -0.2) is 0 Å². The van der Waals surface area contributed by atoms with Crippen LogP contribution in [0.15, 0.2) is 0 Å². The second kappa shape index (κ2) is 6.83. The van der Waals surface area contributed by atoms with E-state index in [0.29, 0.717) is 0 Å². The molecule has 12 heavy (non-hydrogen) atoms. The maximum absolute atomic E-state index is 10.5. The van der Waals surface area contributed by atoms with Crippen LogP contribution in [-0.4, -0.2) is 30.2 Å². The van der Waals surface area contributed by atoms with Crippen LogP contribution in [0, 0.1) is 0 Å². The molecule has 3 heteroatoms. The number of rotatable bonds is 7. The number of carbonyl (C=O) groups excluding carboxylic acids is 2. The number of amides is 1. The Morgan fingerprint density at radius 2 is 2.00 bits per heavy atom. The highest BCUT2D eigenvalue weighted by Crippen LogP contribution is 2.07. The molecule has 0 rings (SSSR count). The van der Waals surface area contributed by atoms with E-state index >= 15 is 0 Å². The summed E-state index contributed by atoms with van der Waals surface area (Å²) in [5.41, 5.74) is 0. The summed E-state index contributed by atoms with van der Waals surface area (Å²) in [6, 6.07) is 0.234. The highest BCUT2D eigenvalue weighted by atomic mass is 16.1. The lowest BCUT2D eigenvalue weighted by atomic mass is 10.1. The summed E-state index contributed by atoms with van der Waals surface area (Å²) in [5, 5.41) is 0. The van der Waals surface area contributed by atoms with Gasteiger partial charge in [0.1, 0.15) is 6.29 Å². The molecule has 3 nitrogen and oxygen atoms in total. The number of carbonyl (C=O) groups is 2. The molecular formula is C9H17NO2. The fourth-order valence-corrected chi connectivity index (χ4v) is 1.30. The van der Waals surface area contributed by atoms with Gasteiger partial charge in [0.2, 0.25) is 6.41 Å². The highest BCUT2D eigenvalue weighted by Gasteiger charge is 2.12. The topological polar surface area (TPSA) is 37.4 Å². The number of hydrogen-bond acceptors (Lipinski definition) is 2. The third kappa shape index (κ3) is 3.51. The summed E-state index contributed by atoms with van der Waals surface area (Å²) >= 11 is 0. The van der Waals surface area contributed by atoms with E-state index < -0.39 is 0 Å². The minimum Gasteiger partial charge on any atom is -0.335 e. The van der Waals surface area contributed by atoms with Crippen LogP contribution < -0.4 is 0 Å². The van der Waals surface area contributed by atoms with Crippen molar-refractivity contribution in [2.75, 3.05) is 6.54 Å². The van der Waals surface area contributed by atoms with Gasteiger partial charge in [-0.05, 0) is 12.8 Å². The predicted molar refractivity (Wildman–Crippen MR) is 47.8 cm³/mol. The van der Waals surface area contributed by atoms with E-state index in [9.17, 15) is 9.59 Å². The van der Waals surface area contributed by atoms with Gasteiger partial charge in [-0.1, -0.05) is 20.3 Å². The van der Waals surface area contributed by atoms with E-state index in [0.717, 1.165) is 32.0 Å². The Morgan fingerprint density at radius 3 is 2.33 bits per heavy atom. The van der Waals surface area contributed by atoms with E-state index in [1.54, 1.807) is 4.90 Å². The minimum absolute atomic E-state index is 0.224. The zero-order valence-corrected chi connectivity index (χ0v) is 7.82. The third-order valence-electron chi connectivity index (χ3n) is 1.98. The molecule has 1 unspecified atom stereocenters. The Kier molecular flexibility index (Phi) is 6.34. The lowest BCUT2D eigenvalue weighted by Gasteiger charge is -2.24. The molecule has 0 bridgehead atoms. The monoisotopic (exact) mass is 171 g/mol. The van der Waals surface area contributed by atoms with Crippen molar-refractivity contribution >= 4 is 12.7 Å². The van der Waals surface area contributed by atoms with Crippen LogP contribution in [0.2, 0.25) is 0 Å². The highest BCUT2D eigenvalue weighted by molar-refractivity contribution is 5.59. The van der Waals surface area contributed by atoms with E-state index in [1.165, 1.54) is 0 Å². The lowest BCUT2D eigenvalue weighted by molar-refractivity contribution is -0.124. The maximum atomic E-state index is 10.5. The van der Waals surface area contributed by atoms with Crippen LogP contribution in [0.3, 0.4) is 0 Å². The molecule has 0 aromatic rings. The molecule has 0 N–H and O–H groups in total. The van der Waals surface area contributed by atoms with Gasteiger partial charge < -0.3 is 9.69 Å². The first-order chi connectivity index (χ1) is 5.79. The second-order valence-corrected chi connectivity index (χ2v) is 2.82. The van der Waals surface area contributed by atoms with Gasteiger partial charge >= 0.3 is 0 Å². The molecular weight excluding hydrogens is 154 g/mol. The number of nitrogens with zero attached hydrogens (tertiary/aromatic N) is 1. The van der Waals surface area contributed by atoms with Crippen molar-refractivity contribution in [1.29, 1.82) is 0 Å². The molecule has 0 aliphatic rings. The average molecular weight is 171 g/mol. The van der Waals surface area contributed by atoms with Crippen LogP contribution >= 0.6 is 0 Å². The Labute approximate surface area is 73.7 Å². The van der Waals surface area contributed by atoms with E-state index in [-0.39, 0.29) is 12.6 Å². The molecule has 0 saturated heterocycles. The fourth-order valence-electron chi connectivity index (χ4n) is 1.30. The maximum Gasteiger partial charge on any atom is 0.210 e. The molecule has 0 heterocycles. The predicted octanol–water partition coefficient (Wildman–Crippen LogP) is 1.22. The molecule has 0 aromatic heterocycles. The Hall–Kier alpha value is -0.860. The lowest BCUT2D eigenvalue weighted by Crippen LogP contribution is -2.34. The van der Waals surface area contributed by atoms with Crippen LogP contribution in [-0.2, 0) is 9.59 Å². The molecule has 0 aliphatic heterocycles.